The Balaban J connectivity index is 1.61. The molecule has 0 aromatic heterocycles. The number of piperidine rings is 1. The molecule has 3 aromatic carbocycles. The van der Waals surface area contributed by atoms with Gasteiger partial charge in [-0.25, -0.2) is 0 Å². The predicted octanol–water partition coefficient (Wildman–Crippen LogP) is 5.98. The number of nitrogens with zero attached hydrogens (tertiary/aromatic N) is 1. The predicted molar refractivity (Wildman–Crippen MR) is 139 cm³/mol. The molecule has 1 saturated heterocycles. The van der Waals surface area contributed by atoms with E-state index in [9.17, 15) is 10.1 Å². The Kier molecular flexibility index (Phi) is 6.95. The van der Waals surface area contributed by atoms with Crippen LogP contribution < -0.4 is 15.4 Å². The molecule has 5 nitrogen and oxygen atoms in total. The van der Waals surface area contributed by atoms with Gasteiger partial charge >= 0.3 is 0 Å². The minimum atomic E-state index is -0.0817. The van der Waals surface area contributed by atoms with Gasteiger partial charge in [0, 0.05) is 29.1 Å². The molecule has 1 fully saturated rings. The van der Waals surface area contributed by atoms with Gasteiger partial charge in [-0.2, -0.15) is 5.26 Å². The number of para-hydroxylation sites is 1. The zero-order valence-corrected chi connectivity index (χ0v) is 20.9. The molecule has 1 aliphatic rings. The van der Waals surface area contributed by atoms with Crippen LogP contribution in [0.3, 0.4) is 0 Å². The van der Waals surface area contributed by atoms with Crippen molar-refractivity contribution in [1.29, 1.82) is 5.26 Å². The third-order valence-electron chi connectivity index (χ3n) is 6.31. The highest BCUT2D eigenvalue weighted by molar-refractivity contribution is 5.94. The molecule has 0 aliphatic carbocycles. The lowest BCUT2D eigenvalue weighted by Crippen LogP contribution is -2.62. The minimum Gasteiger partial charge on any atom is -0.456 e. The molecule has 4 rings (SSSR count). The van der Waals surface area contributed by atoms with Crippen LogP contribution in [0.1, 0.15) is 67.6 Å². The number of nitriles is 1. The van der Waals surface area contributed by atoms with E-state index in [2.05, 4.69) is 56.5 Å². The van der Waals surface area contributed by atoms with Crippen molar-refractivity contribution in [3.8, 4) is 17.6 Å². The number of rotatable bonds is 6. The molecule has 0 spiro atoms. The van der Waals surface area contributed by atoms with Crippen LogP contribution in [0, 0.1) is 11.3 Å². The lowest BCUT2D eigenvalue weighted by molar-refractivity contribution is 0.0873. The SMILES string of the molecule is CC1(C)CC(NC(=O)c2ccc(Oc3ccccc3C#N)c(Cc3ccccc3)c2)CC(C)(C)N1. The van der Waals surface area contributed by atoms with Crippen LogP contribution in [-0.2, 0) is 6.42 Å². The highest BCUT2D eigenvalue weighted by Gasteiger charge is 2.38. The molecule has 0 bridgehead atoms. The fourth-order valence-corrected chi connectivity index (χ4v) is 5.23. The quantitative estimate of drug-likeness (QED) is 0.468. The van der Waals surface area contributed by atoms with Crippen LogP contribution in [0.2, 0.25) is 0 Å². The molecule has 1 heterocycles. The van der Waals surface area contributed by atoms with E-state index >= 15 is 0 Å². The Morgan fingerprint density at radius 2 is 1.63 bits per heavy atom. The lowest BCUT2D eigenvalue weighted by atomic mass is 9.79. The second-order valence-electron chi connectivity index (χ2n) is 10.7. The Morgan fingerprint density at radius 1 is 0.971 bits per heavy atom. The summed E-state index contributed by atoms with van der Waals surface area (Å²) >= 11 is 0. The van der Waals surface area contributed by atoms with Gasteiger partial charge in [0.15, 0.2) is 0 Å². The first kappa shape index (κ1) is 24.5. The van der Waals surface area contributed by atoms with E-state index in [4.69, 9.17) is 4.74 Å². The van der Waals surface area contributed by atoms with Crippen LogP contribution in [0.15, 0.2) is 72.8 Å². The molecular weight excluding hydrogens is 434 g/mol. The largest absolute Gasteiger partial charge is 0.456 e. The van der Waals surface area contributed by atoms with E-state index in [1.807, 2.05) is 42.5 Å². The normalized spacial score (nSPS) is 16.8. The Morgan fingerprint density at radius 3 is 2.31 bits per heavy atom. The minimum absolute atomic E-state index is 0.0516. The van der Waals surface area contributed by atoms with Crippen LogP contribution in [-0.4, -0.2) is 23.0 Å². The van der Waals surface area contributed by atoms with Gasteiger partial charge < -0.3 is 15.4 Å². The van der Waals surface area contributed by atoms with Crippen molar-refractivity contribution < 1.29 is 9.53 Å². The number of hydrogen-bond acceptors (Lipinski definition) is 4. The maximum atomic E-state index is 13.3. The zero-order valence-electron chi connectivity index (χ0n) is 20.9. The highest BCUT2D eigenvalue weighted by Crippen LogP contribution is 2.31. The summed E-state index contributed by atoms with van der Waals surface area (Å²) in [4.78, 5) is 13.3. The maximum Gasteiger partial charge on any atom is 0.251 e. The van der Waals surface area contributed by atoms with Gasteiger partial charge in [-0.05, 0) is 82.0 Å². The smallest absolute Gasteiger partial charge is 0.251 e. The number of hydrogen-bond donors (Lipinski definition) is 2. The van der Waals surface area contributed by atoms with Crippen molar-refractivity contribution in [3.63, 3.8) is 0 Å². The van der Waals surface area contributed by atoms with Crippen molar-refractivity contribution in [2.24, 2.45) is 0 Å². The van der Waals surface area contributed by atoms with E-state index in [1.165, 1.54) is 0 Å². The van der Waals surface area contributed by atoms with Crippen molar-refractivity contribution in [3.05, 3.63) is 95.1 Å². The van der Waals surface area contributed by atoms with E-state index in [0.29, 0.717) is 29.0 Å². The van der Waals surface area contributed by atoms with Gasteiger partial charge in [-0.1, -0.05) is 42.5 Å². The molecule has 0 unspecified atom stereocenters. The summed E-state index contributed by atoms with van der Waals surface area (Å²) in [7, 11) is 0. The molecule has 5 heteroatoms. The van der Waals surface area contributed by atoms with Crippen LogP contribution in [0.4, 0.5) is 0 Å². The summed E-state index contributed by atoms with van der Waals surface area (Å²) in [5.74, 6) is 1.06. The summed E-state index contributed by atoms with van der Waals surface area (Å²) < 4.78 is 6.18. The summed E-state index contributed by atoms with van der Waals surface area (Å²) in [6, 6.07) is 25.1. The van der Waals surface area contributed by atoms with E-state index < -0.39 is 0 Å². The summed E-state index contributed by atoms with van der Waals surface area (Å²) in [6.45, 7) is 8.71. The molecule has 1 aliphatic heterocycles. The summed E-state index contributed by atoms with van der Waals surface area (Å²) in [5.41, 5.74) is 2.98. The van der Waals surface area contributed by atoms with Gasteiger partial charge in [0.05, 0.1) is 5.56 Å². The molecule has 0 atom stereocenters. The summed E-state index contributed by atoms with van der Waals surface area (Å²) in [6.07, 6.45) is 2.34. The van der Waals surface area contributed by atoms with Gasteiger partial charge in [-0.15, -0.1) is 0 Å². The number of nitrogens with one attached hydrogen (secondary N) is 2. The number of carbonyl (C=O) groups is 1. The van der Waals surface area contributed by atoms with Crippen LogP contribution >= 0.6 is 0 Å². The van der Waals surface area contributed by atoms with Crippen molar-refractivity contribution in [1.82, 2.24) is 10.6 Å². The highest BCUT2D eigenvalue weighted by atomic mass is 16.5. The average Bonchev–Trinajstić information content (AvgIpc) is 2.79. The molecule has 0 radical (unpaired) electrons. The number of carbonyl (C=O) groups excluding carboxylic acids is 1. The Hall–Kier alpha value is -3.62. The number of benzene rings is 3. The first-order chi connectivity index (χ1) is 16.6. The standard InChI is InChI=1S/C30H33N3O2/c1-29(2)18-25(19-30(3,4)33-29)32-28(34)22-14-15-27(35-26-13-9-8-12-23(26)20-31)24(17-22)16-21-10-6-5-7-11-21/h5-15,17,25,33H,16,18-19H2,1-4H3,(H,32,34). The second kappa shape index (κ2) is 9.93. The fourth-order valence-electron chi connectivity index (χ4n) is 5.23. The molecule has 1 amide bonds. The maximum absolute atomic E-state index is 13.3. The van der Waals surface area contributed by atoms with Crippen molar-refractivity contribution >= 4 is 5.91 Å². The zero-order chi connectivity index (χ0) is 25.1. The lowest BCUT2D eigenvalue weighted by Gasteiger charge is -2.46. The van der Waals surface area contributed by atoms with Crippen molar-refractivity contribution in [2.45, 2.75) is 64.1 Å². The molecule has 3 aromatic rings. The topological polar surface area (TPSA) is 74.1 Å². The monoisotopic (exact) mass is 467 g/mol. The molecule has 180 valence electrons. The van der Waals surface area contributed by atoms with Crippen LogP contribution in [0.5, 0.6) is 11.5 Å². The Bertz CT molecular complexity index is 1230. The first-order valence-corrected chi connectivity index (χ1v) is 12.1. The van der Waals surface area contributed by atoms with E-state index in [1.54, 1.807) is 18.2 Å². The van der Waals surface area contributed by atoms with Gasteiger partial charge in [-0.3, -0.25) is 4.79 Å². The third-order valence-corrected chi connectivity index (χ3v) is 6.31. The third kappa shape index (κ3) is 6.29. The molecule has 35 heavy (non-hydrogen) atoms. The van der Waals surface area contributed by atoms with Gasteiger partial charge in [0.1, 0.15) is 17.6 Å². The van der Waals surface area contributed by atoms with Gasteiger partial charge in [0.25, 0.3) is 5.91 Å². The second-order valence-corrected chi connectivity index (χ2v) is 10.7. The Labute approximate surface area is 208 Å². The average molecular weight is 468 g/mol. The van der Waals surface area contributed by atoms with Crippen molar-refractivity contribution in [2.75, 3.05) is 0 Å². The number of amides is 1. The van der Waals surface area contributed by atoms with Crippen LogP contribution in [0.25, 0.3) is 0 Å². The summed E-state index contributed by atoms with van der Waals surface area (Å²) in [5, 5.41) is 16.4. The molecular formula is C30H33N3O2. The fraction of sp³-hybridized carbons (Fsp3) is 0.333. The van der Waals surface area contributed by atoms with E-state index in [-0.39, 0.29) is 23.0 Å². The van der Waals surface area contributed by atoms with Gasteiger partial charge in [0.2, 0.25) is 0 Å². The molecule has 2 N–H and O–H groups in total. The van der Waals surface area contributed by atoms with E-state index in [0.717, 1.165) is 24.0 Å². The molecule has 0 saturated carbocycles. The number of ether oxygens (including phenoxy) is 1. The first-order valence-electron chi connectivity index (χ1n) is 12.1.